The maximum absolute atomic E-state index is 6.26. The summed E-state index contributed by atoms with van der Waals surface area (Å²) in [5.74, 6) is 0.786. The van der Waals surface area contributed by atoms with Gasteiger partial charge < -0.3 is 10.6 Å². The third-order valence-corrected chi connectivity index (χ3v) is 4.84. The van der Waals surface area contributed by atoms with E-state index in [4.69, 9.17) is 10.7 Å². The molecule has 1 fully saturated rings. The Morgan fingerprint density at radius 2 is 2.20 bits per heavy atom. The minimum absolute atomic E-state index is 0.0312. The Morgan fingerprint density at radius 1 is 1.40 bits per heavy atom. The summed E-state index contributed by atoms with van der Waals surface area (Å²) in [4.78, 5) is 7.15. The van der Waals surface area contributed by atoms with Crippen LogP contribution in [0.4, 0.5) is 5.13 Å². The van der Waals surface area contributed by atoms with E-state index < -0.39 is 0 Å². The van der Waals surface area contributed by atoms with Gasteiger partial charge in [0.2, 0.25) is 0 Å². The average Bonchev–Trinajstić information content (AvgIpc) is 3.09. The molecule has 106 valence electrons. The average molecular weight is 287 g/mol. The lowest BCUT2D eigenvalue weighted by Crippen LogP contribution is -2.19. The normalized spacial score (nSPS) is 20.3. The van der Waals surface area contributed by atoms with Crippen LogP contribution in [0.5, 0.6) is 0 Å². The third-order valence-electron chi connectivity index (χ3n) is 3.89. The van der Waals surface area contributed by atoms with Crippen LogP contribution in [0.2, 0.25) is 0 Å². The van der Waals surface area contributed by atoms with E-state index in [2.05, 4.69) is 29.3 Å². The van der Waals surface area contributed by atoms with E-state index in [1.807, 2.05) is 18.2 Å². The highest BCUT2D eigenvalue weighted by atomic mass is 32.1. The lowest BCUT2D eigenvalue weighted by Gasteiger charge is -2.13. The van der Waals surface area contributed by atoms with Crippen LogP contribution in [0.15, 0.2) is 35.7 Å². The highest BCUT2D eigenvalue weighted by Gasteiger charge is 2.21. The van der Waals surface area contributed by atoms with Crippen molar-refractivity contribution in [1.29, 1.82) is 0 Å². The van der Waals surface area contributed by atoms with E-state index >= 15 is 0 Å². The second-order valence-electron chi connectivity index (χ2n) is 5.68. The van der Waals surface area contributed by atoms with Crippen LogP contribution < -0.4 is 10.6 Å². The molecule has 1 aliphatic heterocycles. The number of aromatic nitrogens is 1. The Labute approximate surface area is 124 Å². The van der Waals surface area contributed by atoms with Crippen molar-refractivity contribution in [2.75, 3.05) is 18.0 Å². The van der Waals surface area contributed by atoms with Crippen LogP contribution in [0.3, 0.4) is 0 Å². The molecule has 1 saturated heterocycles. The fraction of sp³-hybridized carbons (Fsp3) is 0.438. The predicted octanol–water partition coefficient (Wildman–Crippen LogP) is 3.23. The van der Waals surface area contributed by atoms with Gasteiger partial charge >= 0.3 is 0 Å². The maximum atomic E-state index is 6.26. The molecule has 2 aromatic rings. The molecule has 4 heteroatoms. The highest BCUT2D eigenvalue weighted by Crippen LogP contribution is 2.28. The molecule has 0 aliphatic carbocycles. The largest absolute Gasteiger partial charge is 0.348 e. The standard InChI is InChI=1S/C16H21N3S/c1-12-7-8-19(10-12)16-18-14(11-20-16)9-15(17)13-5-3-2-4-6-13/h2-6,11-12,15H,7-10,17H2,1H3. The molecule has 2 N–H and O–H groups in total. The summed E-state index contributed by atoms with van der Waals surface area (Å²) in [7, 11) is 0. The number of nitrogens with zero attached hydrogens (tertiary/aromatic N) is 2. The van der Waals surface area contributed by atoms with Crippen LogP contribution >= 0.6 is 11.3 Å². The van der Waals surface area contributed by atoms with Crippen molar-refractivity contribution < 1.29 is 0 Å². The molecule has 0 bridgehead atoms. The number of thiazole rings is 1. The second-order valence-corrected chi connectivity index (χ2v) is 6.52. The van der Waals surface area contributed by atoms with Crippen molar-refractivity contribution in [2.45, 2.75) is 25.8 Å². The molecule has 1 aliphatic rings. The minimum Gasteiger partial charge on any atom is -0.348 e. The zero-order valence-electron chi connectivity index (χ0n) is 11.8. The summed E-state index contributed by atoms with van der Waals surface area (Å²) in [6, 6.07) is 10.3. The van der Waals surface area contributed by atoms with Crippen molar-refractivity contribution in [3.05, 3.63) is 47.0 Å². The van der Waals surface area contributed by atoms with Gasteiger partial charge in [-0.15, -0.1) is 11.3 Å². The van der Waals surface area contributed by atoms with Crippen molar-refractivity contribution >= 4 is 16.5 Å². The summed E-state index contributed by atoms with van der Waals surface area (Å²) >= 11 is 1.75. The summed E-state index contributed by atoms with van der Waals surface area (Å²) in [6.45, 7) is 4.58. The van der Waals surface area contributed by atoms with Gasteiger partial charge in [-0.05, 0) is 17.9 Å². The highest BCUT2D eigenvalue weighted by molar-refractivity contribution is 7.13. The van der Waals surface area contributed by atoms with E-state index in [-0.39, 0.29) is 6.04 Å². The molecule has 2 unspecified atom stereocenters. The quantitative estimate of drug-likeness (QED) is 0.938. The fourth-order valence-electron chi connectivity index (χ4n) is 2.69. The monoisotopic (exact) mass is 287 g/mol. The third kappa shape index (κ3) is 3.02. The van der Waals surface area contributed by atoms with Crippen LogP contribution in [-0.2, 0) is 6.42 Å². The number of benzene rings is 1. The SMILES string of the molecule is CC1CCN(c2nc(CC(N)c3ccccc3)cs2)C1. The lowest BCUT2D eigenvalue weighted by molar-refractivity contribution is 0.659. The zero-order valence-corrected chi connectivity index (χ0v) is 12.6. The first-order valence-corrected chi connectivity index (χ1v) is 8.10. The number of rotatable bonds is 4. The fourth-order valence-corrected chi connectivity index (χ4v) is 3.56. The number of hydrogen-bond acceptors (Lipinski definition) is 4. The Morgan fingerprint density at radius 3 is 2.90 bits per heavy atom. The van der Waals surface area contributed by atoms with Crippen LogP contribution in [0.25, 0.3) is 0 Å². The van der Waals surface area contributed by atoms with E-state index in [0.717, 1.165) is 36.3 Å². The predicted molar refractivity (Wildman–Crippen MR) is 85.2 cm³/mol. The van der Waals surface area contributed by atoms with E-state index in [1.165, 1.54) is 12.0 Å². The van der Waals surface area contributed by atoms with Gasteiger partial charge in [0, 0.05) is 30.9 Å². The van der Waals surface area contributed by atoms with Crippen LogP contribution in [0, 0.1) is 5.92 Å². The van der Waals surface area contributed by atoms with Crippen LogP contribution in [-0.4, -0.2) is 18.1 Å². The van der Waals surface area contributed by atoms with E-state index in [1.54, 1.807) is 11.3 Å². The number of hydrogen-bond donors (Lipinski definition) is 1. The zero-order chi connectivity index (χ0) is 13.9. The minimum atomic E-state index is 0.0312. The molecule has 1 aromatic carbocycles. The molecular formula is C16H21N3S. The number of anilines is 1. The molecular weight excluding hydrogens is 266 g/mol. The first kappa shape index (κ1) is 13.6. The summed E-state index contributed by atoms with van der Waals surface area (Å²) in [6.07, 6.45) is 2.09. The van der Waals surface area contributed by atoms with Gasteiger partial charge in [0.25, 0.3) is 0 Å². The summed E-state index contributed by atoms with van der Waals surface area (Å²) in [5.41, 5.74) is 8.55. The topological polar surface area (TPSA) is 42.2 Å². The van der Waals surface area contributed by atoms with Gasteiger partial charge in [0.05, 0.1) is 5.69 Å². The Hall–Kier alpha value is -1.39. The molecule has 1 aromatic heterocycles. The van der Waals surface area contributed by atoms with Crippen LogP contribution in [0.1, 0.15) is 30.6 Å². The molecule has 20 heavy (non-hydrogen) atoms. The van der Waals surface area contributed by atoms with Gasteiger partial charge in [-0.3, -0.25) is 0 Å². The Kier molecular flexibility index (Phi) is 4.03. The molecule has 3 rings (SSSR count). The molecule has 0 amide bonds. The number of nitrogens with two attached hydrogens (primary N) is 1. The maximum Gasteiger partial charge on any atom is 0.185 e. The van der Waals surface area contributed by atoms with Crippen molar-refractivity contribution in [3.8, 4) is 0 Å². The first-order valence-electron chi connectivity index (χ1n) is 7.22. The van der Waals surface area contributed by atoms with Gasteiger partial charge in [-0.1, -0.05) is 37.3 Å². The van der Waals surface area contributed by atoms with Gasteiger partial charge in [-0.25, -0.2) is 4.98 Å². The van der Waals surface area contributed by atoms with E-state index in [0.29, 0.717) is 0 Å². The van der Waals surface area contributed by atoms with Crippen molar-refractivity contribution in [3.63, 3.8) is 0 Å². The second kappa shape index (κ2) is 5.94. The summed E-state index contributed by atoms with van der Waals surface area (Å²) < 4.78 is 0. The Bertz CT molecular complexity index is 552. The lowest BCUT2D eigenvalue weighted by atomic mass is 10.0. The molecule has 0 saturated carbocycles. The van der Waals surface area contributed by atoms with E-state index in [9.17, 15) is 0 Å². The summed E-state index contributed by atoms with van der Waals surface area (Å²) in [5, 5.41) is 3.31. The smallest absolute Gasteiger partial charge is 0.185 e. The molecule has 0 radical (unpaired) electrons. The molecule has 0 spiro atoms. The first-order chi connectivity index (χ1) is 9.72. The molecule has 3 nitrogen and oxygen atoms in total. The van der Waals surface area contributed by atoms with Gasteiger partial charge in [0.1, 0.15) is 0 Å². The van der Waals surface area contributed by atoms with Gasteiger partial charge in [0.15, 0.2) is 5.13 Å². The molecule has 2 heterocycles. The Balaban J connectivity index is 1.65. The van der Waals surface area contributed by atoms with Gasteiger partial charge in [-0.2, -0.15) is 0 Å². The molecule has 2 atom stereocenters. The van der Waals surface area contributed by atoms with Crippen molar-refractivity contribution in [2.24, 2.45) is 11.7 Å². The van der Waals surface area contributed by atoms with Crippen molar-refractivity contribution in [1.82, 2.24) is 4.98 Å².